The average molecular weight is 593 g/mol. The lowest BCUT2D eigenvalue weighted by molar-refractivity contribution is 0.0936. The molecule has 1 aliphatic heterocycles. The third-order valence-electron chi connectivity index (χ3n) is 5.78. The molecule has 3 rings (SSSR count). The molecule has 0 saturated carbocycles. The third-order valence-corrected chi connectivity index (χ3v) is 8.76. The van der Waals surface area contributed by atoms with E-state index in [1.54, 1.807) is 6.92 Å². The smallest absolute Gasteiger partial charge is 0.413 e. The standard InChI is InChI=1S/C24H28N6O8S2/c1-3-38-24(34)29-11-8-17-18(14-29)39-22(19(17)21(32)28-23(33)37-2)27-20(31)15-4-6-16(7-5-15)40(35,36)30(12-9-25)13-10-26/h4-7,9-10,25-26H,3,8,11-14H2,1-2H3,(H,27,31)(H,28,32,33). The number of imide groups is 1. The second-order valence-corrected chi connectivity index (χ2v) is 11.3. The van der Waals surface area contributed by atoms with E-state index in [0.29, 0.717) is 10.4 Å². The molecule has 40 heavy (non-hydrogen) atoms. The van der Waals surface area contributed by atoms with Gasteiger partial charge in [0, 0.05) is 42.5 Å². The van der Waals surface area contributed by atoms with Gasteiger partial charge in [-0.2, -0.15) is 4.31 Å². The second kappa shape index (κ2) is 13.3. The van der Waals surface area contributed by atoms with E-state index >= 15 is 0 Å². The number of methoxy groups -OCH3 is 1. The Kier molecular flexibility index (Phi) is 10.1. The molecule has 4 amide bonds. The summed E-state index contributed by atoms with van der Waals surface area (Å²) in [4.78, 5) is 52.0. The number of benzene rings is 1. The summed E-state index contributed by atoms with van der Waals surface area (Å²) in [7, 11) is -2.91. The maximum atomic E-state index is 13.1. The summed E-state index contributed by atoms with van der Waals surface area (Å²) in [5.41, 5.74) is 0.722. The molecule has 1 aromatic heterocycles. The van der Waals surface area contributed by atoms with Gasteiger partial charge >= 0.3 is 12.2 Å². The predicted octanol–water partition coefficient (Wildman–Crippen LogP) is 2.30. The summed E-state index contributed by atoms with van der Waals surface area (Å²) in [5.74, 6) is -1.43. The normalized spacial score (nSPS) is 12.7. The molecule has 16 heteroatoms. The van der Waals surface area contributed by atoms with Crippen LogP contribution in [0.2, 0.25) is 0 Å². The van der Waals surface area contributed by atoms with Gasteiger partial charge in [0.2, 0.25) is 10.0 Å². The van der Waals surface area contributed by atoms with Crippen LogP contribution in [-0.4, -0.2) is 87.4 Å². The molecule has 0 radical (unpaired) electrons. The zero-order valence-electron chi connectivity index (χ0n) is 21.7. The van der Waals surface area contributed by atoms with Crippen LogP contribution in [0.4, 0.5) is 14.6 Å². The van der Waals surface area contributed by atoms with Crippen molar-refractivity contribution in [2.75, 3.05) is 38.7 Å². The molecule has 2 heterocycles. The van der Waals surface area contributed by atoms with Crippen molar-refractivity contribution in [3.05, 3.63) is 45.8 Å². The summed E-state index contributed by atoms with van der Waals surface area (Å²) in [6.07, 6.45) is 0.594. The fraction of sp³-hybridized carbons (Fsp3) is 0.333. The van der Waals surface area contributed by atoms with Crippen molar-refractivity contribution in [3.8, 4) is 0 Å². The maximum absolute atomic E-state index is 13.1. The number of ether oxygens (including phenoxy) is 2. The van der Waals surface area contributed by atoms with Crippen LogP contribution in [0.3, 0.4) is 0 Å². The first-order chi connectivity index (χ1) is 19.1. The number of nitrogens with one attached hydrogen (secondary N) is 4. The van der Waals surface area contributed by atoms with E-state index in [9.17, 15) is 27.6 Å². The van der Waals surface area contributed by atoms with E-state index in [1.165, 1.54) is 29.2 Å². The fourth-order valence-corrected chi connectivity index (χ4v) is 6.46. The average Bonchev–Trinajstić information content (AvgIpc) is 3.30. The first kappa shape index (κ1) is 30.4. The van der Waals surface area contributed by atoms with E-state index in [2.05, 4.69) is 15.4 Å². The Hall–Kier alpha value is -4.15. The SMILES string of the molecule is CCOC(=O)N1CCc2c(sc(NC(=O)c3ccc(S(=O)(=O)N(CC=N)CC=N)cc3)c2C(=O)NC(=O)OC)C1. The van der Waals surface area contributed by atoms with Crippen LogP contribution < -0.4 is 10.6 Å². The Labute approximate surface area is 234 Å². The van der Waals surface area contributed by atoms with Gasteiger partial charge in [-0.3, -0.25) is 14.9 Å². The lowest BCUT2D eigenvalue weighted by Crippen LogP contribution is -2.37. The molecular weight excluding hydrogens is 564 g/mol. The summed E-state index contributed by atoms with van der Waals surface area (Å²) in [6.45, 7) is 1.86. The Morgan fingerprint density at radius 1 is 1.10 bits per heavy atom. The molecule has 0 bridgehead atoms. The zero-order chi connectivity index (χ0) is 29.4. The number of carbonyl (C=O) groups is 4. The molecule has 1 aliphatic rings. The molecule has 0 fully saturated rings. The first-order valence-corrected chi connectivity index (χ1v) is 14.2. The third kappa shape index (κ3) is 6.70. The Balaban J connectivity index is 1.90. The molecule has 14 nitrogen and oxygen atoms in total. The number of hydrogen-bond donors (Lipinski definition) is 4. The molecule has 0 spiro atoms. The Morgan fingerprint density at radius 2 is 1.75 bits per heavy atom. The van der Waals surface area contributed by atoms with Gasteiger partial charge in [0.15, 0.2) is 0 Å². The van der Waals surface area contributed by atoms with Crippen LogP contribution in [0, 0.1) is 10.8 Å². The van der Waals surface area contributed by atoms with Gasteiger partial charge in [0.05, 0.1) is 30.7 Å². The molecule has 214 valence electrons. The highest BCUT2D eigenvalue weighted by molar-refractivity contribution is 7.89. The summed E-state index contributed by atoms with van der Waals surface area (Å²) in [6, 6.07) is 5.04. The molecule has 0 atom stereocenters. The Bertz CT molecular complexity index is 1410. The van der Waals surface area contributed by atoms with E-state index in [1.807, 2.05) is 0 Å². The molecule has 1 aromatic carbocycles. The van der Waals surface area contributed by atoms with Crippen molar-refractivity contribution in [2.45, 2.75) is 24.8 Å². The molecule has 0 aliphatic carbocycles. The molecular formula is C24H28N6O8S2. The minimum atomic E-state index is -4.02. The lowest BCUT2D eigenvalue weighted by Gasteiger charge is -2.26. The van der Waals surface area contributed by atoms with Gasteiger partial charge in [-0.1, -0.05) is 0 Å². The zero-order valence-corrected chi connectivity index (χ0v) is 23.3. The van der Waals surface area contributed by atoms with E-state index in [-0.39, 0.29) is 60.2 Å². The van der Waals surface area contributed by atoms with Crippen molar-refractivity contribution < 1.29 is 37.1 Å². The lowest BCUT2D eigenvalue weighted by atomic mass is 10.0. The summed E-state index contributed by atoms with van der Waals surface area (Å²) in [5, 5.41) is 19.3. The van der Waals surface area contributed by atoms with Crippen LogP contribution in [0.1, 0.15) is 38.1 Å². The molecule has 4 N–H and O–H groups in total. The van der Waals surface area contributed by atoms with Gasteiger partial charge in [-0.25, -0.2) is 18.0 Å². The number of alkyl carbamates (subject to hydrolysis) is 1. The van der Waals surface area contributed by atoms with Crippen molar-refractivity contribution in [1.82, 2.24) is 14.5 Å². The fourth-order valence-electron chi connectivity index (χ4n) is 3.89. The van der Waals surface area contributed by atoms with E-state index in [0.717, 1.165) is 35.2 Å². The molecule has 0 unspecified atom stereocenters. The summed E-state index contributed by atoms with van der Waals surface area (Å²) >= 11 is 1.07. The van der Waals surface area contributed by atoms with Gasteiger partial charge in [-0.05, 0) is 43.2 Å². The Morgan fingerprint density at radius 3 is 2.33 bits per heavy atom. The minimum Gasteiger partial charge on any atom is -0.453 e. The van der Waals surface area contributed by atoms with Gasteiger partial charge in [0.1, 0.15) is 5.00 Å². The van der Waals surface area contributed by atoms with Crippen LogP contribution >= 0.6 is 11.3 Å². The number of nitrogens with zero attached hydrogens (tertiary/aromatic N) is 2. The van der Waals surface area contributed by atoms with Crippen LogP contribution in [-0.2, 0) is 32.5 Å². The number of carbonyl (C=O) groups excluding carboxylic acids is 4. The molecule has 0 saturated heterocycles. The van der Waals surface area contributed by atoms with Gasteiger partial charge < -0.3 is 30.5 Å². The number of hydrogen-bond acceptors (Lipinski definition) is 11. The first-order valence-electron chi connectivity index (χ1n) is 11.9. The van der Waals surface area contributed by atoms with Crippen molar-refractivity contribution in [1.29, 1.82) is 10.8 Å². The number of anilines is 1. The highest BCUT2D eigenvalue weighted by Crippen LogP contribution is 2.37. The predicted molar refractivity (Wildman–Crippen MR) is 146 cm³/mol. The molecule has 2 aromatic rings. The minimum absolute atomic E-state index is 0.0652. The maximum Gasteiger partial charge on any atom is 0.413 e. The number of amides is 4. The van der Waals surface area contributed by atoms with E-state index < -0.39 is 34.0 Å². The van der Waals surface area contributed by atoms with Gasteiger partial charge in [0.25, 0.3) is 11.8 Å². The van der Waals surface area contributed by atoms with Crippen molar-refractivity contribution in [3.63, 3.8) is 0 Å². The number of rotatable bonds is 10. The van der Waals surface area contributed by atoms with Crippen LogP contribution in [0.5, 0.6) is 0 Å². The van der Waals surface area contributed by atoms with E-state index in [4.69, 9.17) is 15.6 Å². The largest absolute Gasteiger partial charge is 0.453 e. The monoisotopic (exact) mass is 592 g/mol. The topological polar surface area (TPSA) is 199 Å². The second-order valence-electron chi connectivity index (χ2n) is 8.23. The van der Waals surface area contributed by atoms with Gasteiger partial charge in [-0.15, -0.1) is 11.3 Å². The quantitative estimate of drug-likeness (QED) is 0.301. The summed E-state index contributed by atoms with van der Waals surface area (Å²) < 4.78 is 36.2. The number of thiophene rings is 1. The van der Waals surface area contributed by atoms with Crippen molar-refractivity contribution >= 4 is 62.8 Å². The highest BCUT2D eigenvalue weighted by atomic mass is 32.2. The van der Waals surface area contributed by atoms with Crippen LogP contribution in [0.25, 0.3) is 0 Å². The number of sulfonamides is 1. The van der Waals surface area contributed by atoms with Crippen molar-refractivity contribution in [2.24, 2.45) is 0 Å². The number of fused-ring (bicyclic) bond motifs is 1. The highest BCUT2D eigenvalue weighted by Gasteiger charge is 2.32. The van der Waals surface area contributed by atoms with Crippen LogP contribution in [0.15, 0.2) is 29.2 Å².